The Morgan fingerprint density at radius 2 is 2.00 bits per heavy atom. The summed E-state index contributed by atoms with van der Waals surface area (Å²) < 4.78 is 0. The minimum Gasteiger partial charge on any atom is -0.480 e. The molecule has 0 bridgehead atoms. The standard InChI is InChI=1S/C16H19NO3/c1-12-6-5-11-17(15(12)16(19)20)14(18)10-9-13-7-3-2-4-8-13/h2-4,7-10,12,15H,5-6,11H2,1H3,(H,19,20)/b10-9+. The van der Waals surface area contributed by atoms with Crippen LogP contribution in [0, 0.1) is 5.92 Å². The first-order chi connectivity index (χ1) is 9.59. The summed E-state index contributed by atoms with van der Waals surface area (Å²) in [5, 5.41) is 9.30. The van der Waals surface area contributed by atoms with E-state index in [4.69, 9.17) is 0 Å². The normalized spacial score (nSPS) is 22.9. The zero-order chi connectivity index (χ0) is 14.5. The van der Waals surface area contributed by atoms with E-state index in [2.05, 4.69) is 0 Å². The number of nitrogens with zero attached hydrogens (tertiary/aromatic N) is 1. The van der Waals surface area contributed by atoms with E-state index in [-0.39, 0.29) is 11.8 Å². The van der Waals surface area contributed by atoms with Crippen molar-refractivity contribution < 1.29 is 14.7 Å². The van der Waals surface area contributed by atoms with E-state index in [0.29, 0.717) is 6.54 Å². The van der Waals surface area contributed by atoms with Gasteiger partial charge in [-0.1, -0.05) is 37.3 Å². The van der Waals surface area contributed by atoms with E-state index in [1.54, 1.807) is 6.08 Å². The number of piperidine rings is 1. The third kappa shape index (κ3) is 3.26. The minimum absolute atomic E-state index is 0.00433. The maximum absolute atomic E-state index is 12.2. The summed E-state index contributed by atoms with van der Waals surface area (Å²) in [7, 11) is 0. The van der Waals surface area contributed by atoms with Crippen LogP contribution in [0.1, 0.15) is 25.3 Å². The molecule has 2 unspecified atom stereocenters. The summed E-state index contributed by atoms with van der Waals surface area (Å²) in [6.07, 6.45) is 4.89. The lowest BCUT2D eigenvalue weighted by Crippen LogP contribution is -2.51. The van der Waals surface area contributed by atoms with Crippen LogP contribution in [0.5, 0.6) is 0 Å². The van der Waals surface area contributed by atoms with Gasteiger partial charge >= 0.3 is 5.97 Å². The van der Waals surface area contributed by atoms with Crippen molar-refractivity contribution in [1.82, 2.24) is 4.90 Å². The maximum Gasteiger partial charge on any atom is 0.326 e. The van der Waals surface area contributed by atoms with Crippen LogP contribution in [0.15, 0.2) is 36.4 Å². The first-order valence-corrected chi connectivity index (χ1v) is 6.86. The van der Waals surface area contributed by atoms with Crippen molar-refractivity contribution in [1.29, 1.82) is 0 Å². The fourth-order valence-electron chi connectivity index (χ4n) is 2.64. The second-order valence-electron chi connectivity index (χ2n) is 5.18. The summed E-state index contributed by atoms with van der Waals surface area (Å²) >= 11 is 0. The average Bonchev–Trinajstić information content (AvgIpc) is 2.45. The van der Waals surface area contributed by atoms with Crippen LogP contribution in [-0.4, -0.2) is 34.5 Å². The van der Waals surface area contributed by atoms with E-state index in [1.807, 2.05) is 37.3 Å². The number of aliphatic carboxylic acids is 1. The van der Waals surface area contributed by atoms with Gasteiger partial charge in [-0.25, -0.2) is 4.79 Å². The molecule has 1 aliphatic heterocycles. The highest BCUT2D eigenvalue weighted by Gasteiger charge is 2.36. The van der Waals surface area contributed by atoms with Gasteiger partial charge in [0.15, 0.2) is 0 Å². The zero-order valence-electron chi connectivity index (χ0n) is 11.5. The summed E-state index contributed by atoms with van der Waals surface area (Å²) in [5.41, 5.74) is 0.929. The van der Waals surface area contributed by atoms with Gasteiger partial charge in [-0.05, 0) is 30.4 Å². The first kappa shape index (κ1) is 14.3. The van der Waals surface area contributed by atoms with Crippen LogP contribution in [-0.2, 0) is 9.59 Å². The number of likely N-dealkylation sites (tertiary alicyclic amines) is 1. The maximum atomic E-state index is 12.2. The topological polar surface area (TPSA) is 57.6 Å². The molecular formula is C16H19NO3. The van der Waals surface area contributed by atoms with Crippen molar-refractivity contribution in [3.63, 3.8) is 0 Å². The van der Waals surface area contributed by atoms with Gasteiger partial charge < -0.3 is 10.0 Å². The monoisotopic (exact) mass is 273 g/mol. The van der Waals surface area contributed by atoms with E-state index in [1.165, 1.54) is 11.0 Å². The van der Waals surface area contributed by atoms with Crippen molar-refractivity contribution in [2.75, 3.05) is 6.54 Å². The highest BCUT2D eigenvalue weighted by molar-refractivity contribution is 5.94. The van der Waals surface area contributed by atoms with Crippen molar-refractivity contribution >= 4 is 18.0 Å². The van der Waals surface area contributed by atoms with Crippen LogP contribution < -0.4 is 0 Å². The number of benzene rings is 1. The minimum atomic E-state index is -0.918. The number of hydrogen-bond acceptors (Lipinski definition) is 2. The molecule has 1 aromatic carbocycles. The number of carboxylic acids is 1. The Balaban J connectivity index is 2.11. The lowest BCUT2D eigenvalue weighted by molar-refractivity contribution is -0.152. The molecule has 106 valence electrons. The third-order valence-electron chi connectivity index (χ3n) is 3.69. The van der Waals surface area contributed by atoms with Gasteiger partial charge in [0.05, 0.1) is 0 Å². The lowest BCUT2D eigenvalue weighted by Gasteiger charge is -2.36. The van der Waals surface area contributed by atoms with Crippen LogP contribution >= 0.6 is 0 Å². The van der Waals surface area contributed by atoms with Crippen molar-refractivity contribution in [3.05, 3.63) is 42.0 Å². The van der Waals surface area contributed by atoms with Gasteiger partial charge in [-0.3, -0.25) is 4.79 Å². The molecule has 4 heteroatoms. The predicted molar refractivity (Wildman–Crippen MR) is 77.0 cm³/mol. The predicted octanol–water partition coefficient (Wildman–Crippen LogP) is 2.41. The molecule has 0 aromatic heterocycles. The fourth-order valence-corrected chi connectivity index (χ4v) is 2.64. The molecule has 0 spiro atoms. The highest BCUT2D eigenvalue weighted by Crippen LogP contribution is 2.24. The van der Waals surface area contributed by atoms with Gasteiger partial charge in [0.25, 0.3) is 0 Å². The Morgan fingerprint density at radius 3 is 2.65 bits per heavy atom. The molecule has 2 atom stereocenters. The molecule has 1 N–H and O–H groups in total. The van der Waals surface area contributed by atoms with Crippen LogP contribution in [0.2, 0.25) is 0 Å². The number of amides is 1. The van der Waals surface area contributed by atoms with Crippen LogP contribution in [0.3, 0.4) is 0 Å². The first-order valence-electron chi connectivity index (χ1n) is 6.86. The van der Waals surface area contributed by atoms with Gasteiger partial charge in [0.1, 0.15) is 6.04 Å². The van der Waals surface area contributed by atoms with Gasteiger partial charge in [-0.15, -0.1) is 0 Å². The molecule has 1 amide bonds. The number of carbonyl (C=O) groups excluding carboxylic acids is 1. The Kier molecular flexibility index (Phi) is 4.56. The molecular weight excluding hydrogens is 254 g/mol. The average molecular weight is 273 g/mol. The molecule has 1 heterocycles. The molecule has 1 aliphatic rings. The van der Waals surface area contributed by atoms with E-state index in [9.17, 15) is 14.7 Å². The largest absolute Gasteiger partial charge is 0.480 e. The van der Waals surface area contributed by atoms with Crippen molar-refractivity contribution in [2.24, 2.45) is 5.92 Å². The number of carbonyl (C=O) groups is 2. The number of hydrogen-bond donors (Lipinski definition) is 1. The molecule has 0 radical (unpaired) electrons. The number of carboxylic acid groups (broad SMARTS) is 1. The summed E-state index contributed by atoms with van der Waals surface area (Å²) in [4.78, 5) is 25.0. The summed E-state index contributed by atoms with van der Waals surface area (Å²) in [6, 6.07) is 8.79. The van der Waals surface area contributed by atoms with Gasteiger partial charge in [0.2, 0.25) is 5.91 Å². The van der Waals surface area contributed by atoms with Crippen molar-refractivity contribution in [3.8, 4) is 0 Å². The quantitative estimate of drug-likeness (QED) is 0.860. The fraction of sp³-hybridized carbons (Fsp3) is 0.375. The van der Waals surface area contributed by atoms with Gasteiger partial charge in [-0.2, -0.15) is 0 Å². The second-order valence-corrected chi connectivity index (χ2v) is 5.18. The third-order valence-corrected chi connectivity index (χ3v) is 3.69. The van der Waals surface area contributed by atoms with Crippen molar-refractivity contribution in [2.45, 2.75) is 25.8 Å². The molecule has 4 nitrogen and oxygen atoms in total. The smallest absolute Gasteiger partial charge is 0.326 e. The molecule has 1 fully saturated rings. The summed E-state index contributed by atoms with van der Waals surface area (Å²) in [5.74, 6) is -1.15. The Hall–Kier alpha value is -2.10. The molecule has 1 aromatic rings. The molecule has 20 heavy (non-hydrogen) atoms. The van der Waals surface area contributed by atoms with Crippen LogP contribution in [0.4, 0.5) is 0 Å². The SMILES string of the molecule is CC1CCCN(C(=O)/C=C/c2ccccc2)C1C(=O)O. The molecule has 2 rings (SSSR count). The molecule has 0 saturated carbocycles. The van der Waals surface area contributed by atoms with E-state index < -0.39 is 12.0 Å². The Morgan fingerprint density at radius 1 is 1.30 bits per heavy atom. The Labute approximate surface area is 118 Å². The summed E-state index contributed by atoms with van der Waals surface area (Å²) in [6.45, 7) is 2.40. The van der Waals surface area contributed by atoms with E-state index in [0.717, 1.165) is 18.4 Å². The van der Waals surface area contributed by atoms with E-state index >= 15 is 0 Å². The second kappa shape index (κ2) is 6.37. The lowest BCUT2D eigenvalue weighted by atomic mass is 9.90. The van der Waals surface area contributed by atoms with Gasteiger partial charge in [0, 0.05) is 12.6 Å². The number of rotatable bonds is 3. The molecule has 1 saturated heterocycles. The molecule has 0 aliphatic carbocycles. The Bertz CT molecular complexity index is 510. The zero-order valence-corrected chi connectivity index (χ0v) is 11.5. The van der Waals surface area contributed by atoms with Crippen LogP contribution in [0.25, 0.3) is 6.08 Å². The highest BCUT2D eigenvalue weighted by atomic mass is 16.4.